The molecule has 1 fully saturated rings. The third-order valence-corrected chi connectivity index (χ3v) is 5.21. The number of nitrogens with one attached hydrogen (secondary N) is 1. The molecule has 3 aromatic carbocycles. The summed E-state index contributed by atoms with van der Waals surface area (Å²) in [4.78, 5) is 25.2. The number of anilines is 1. The molecule has 0 spiro atoms. The molecule has 0 atom stereocenters. The number of nitrogens with zero attached hydrogens (tertiary/aromatic N) is 1. The third kappa shape index (κ3) is 4.32. The molecule has 1 saturated heterocycles. The lowest BCUT2D eigenvalue weighted by Crippen LogP contribution is -2.35. The molecule has 0 bridgehead atoms. The van der Waals surface area contributed by atoms with Gasteiger partial charge in [-0.15, -0.1) is 0 Å². The van der Waals surface area contributed by atoms with Gasteiger partial charge in [-0.1, -0.05) is 65.7 Å². The van der Waals surface area contributed by atoms with E-state index in [4.69, 9.17) is 27.9 Å². The van der Waals surface area contributed by atoms with Gasteiger partial charge in [0.25, 0.3) is 11.8 Å². The molecule has 2 amide bonds. The van der Waals surface area contributed by atoms with Crippen molar-refractivity contribution in [2.75, 3.05) is 5.01 Å². The van der Waals surface area contributed by atoms with E-state index < -0.39 is 11.8 Å². The van der Waals surface area contributed by atoms with E-state index in [0.717, 1.165) is 10.6 Å². The van der Waals surface area contributed by atoms with Crippen LogP contribution in [0.25, 0.3) is 6.08 Å². The maximum absolute atomic E-state index is 12.8. The summed E-state index contributed by atoms with van der Waals surface area (Å²) < 4.78 is 5.81. The predicted molar refractivity (Wildman–Crippen MR) is 117 cm³/mol. The Morgan fingerprint density at radius 3 is 2.47 bits per heavy atom. The molecule has 1 N–H and O–H groups in total. The van der Waals surface area contributed by atoms with Crippen molar-refractivity contribution in [1.29, 1.82) is 0 Å². The van der Waals surface area contributed by atoms with Crippen molar-refractivity contribution in [3.63, 3.8) is 0 Å². The molecule has 5 nitrogen and oxygen atoms in total. The van der Waals surface area contributed by atoms with Crippen LogP contribution in [0.3, 0.4) is 0 Å². The molecule has 0 saturated carbocycles. The molecule has 0 unspecified atom stereocenters. The lowest BCUT2D eigenvalue weighted by atomic mass is 10.1. The zero-order valence-electron chi connectivity index (χ0n) is 15.6. The number of amides is 2. The standard InChI is InChI=1S/C23H16Cl2N2O3/c24-20-10-9-17(13-21(20)25)27-23(29)19(22(28)26-27)12-16-7-4-8-18(11-16)30-14-15-5-2-1-3-6-15/h1-13H,14H2,(H,26,28)/b19-12-. The number of hydrogen-bond donors (Lipinski definition) is 1. The van der Waals surface area contributed by atoms with E-state index in [1.54, 1.807) is 30.3 Å². The normalized spacial score (nSPS) is 14.9. The molecular weight excluding hydrogens is 423 g/mol. The molecule has 0 aromatic heterocycles. The van der Waals surface area contributed by atoms with Gasteiger partial charge in [0.1, 0.15) is 17.9 Å². The zero-order valence-corrected chi connectivity index (χ0v) is 17.2. The first-order valence-corrected chi connectivity index (χ1v) is 9.86. The minimum Gasteiger partial charge on any atom is -0.489 e. The van der Waals surface area contributed by atoms with Crippen molar-refractivity contribution in [2.45, 2.75) is 6.61 Å². The summed E-state index contributed by atoms with van der Waals surface area (Å²) in [6.45, 7) is 0.422. The van der Waals surface area contributed by atoms with Gasteiger partial charge in [-0.2, -0.15) is 0 Å². The van der Waals surface area contributed by atoms with Crippen LogP contribution in [0, 0.1) is 0 Å². The predicted octanol–water partition coefficient (Wildman–Crippen LogP) is 5.03. The third-order valence-electron chi connectivity index (χ3n) is 4.47. The van der Waals surface area contributed by atoms with Gasteiger partial charge in [-0.25, -0.2) is 5.01 Å². The second kappa shape index (κ2) is 8.61. The highest BCUT2D eigenvalue weighted by atomic mass is 35.5. The number of halogens is 2. The van der Waals surface area contributed by atoms with Gasteiger partial charge in [0.05, 0.1) is 15.7 Å². The highest BCUT2D eigenvalue weighted by Gasteiger charge is 2.34. The van der Waals surface area contributed by atoms with Gasteiger partial charge >= 0.3 is 0 Å². The van der Waals surface area contributed by atoms with Crippen LogP contribution in [0.15, 0.2) is 78.4 Å². The summed E-state index contributed by atoms with van der Waals surface area (Å²) in [5.41, 5.74) is 4.70. The van der Waals surface area contributed by atoms with Gasteiger partial charge in [-0.05, 0) is 47.5 Å². The summed E-state index contributed by atoms with van der Waals surface area (Å²) >= 11 is 11.9. The Morgan fingerprint density at radius 1 is 0.900 bits per heavy atom. The minimum atomic E-state index is -0.498. The lowest BCUT2D eigenvalue weighted by molar-refractivity contribution is -0.117. The Labute approximate surface area is 183 Å². The largest absolute Gasteiger partial charge is 0.489 e. The summed E-state index contributed by atoms with van der Waals surface area (Å²) in [6.07, 6.45) is 1.53. The van der Waals surface area contributed by atoms with E-state index in [9.17, 15) is 9.59 Å². The van der Waals surface area contributed by atoms with Crippen LogP contribution in [0.2, 0.25) is 10.0 Å². The number of rotatable bonds is 5. The van der Waals surface area contributed by atoms with Gasteiger partial charge < -0.3 is 4.74 Å². The van der Waals surface area contributed by atoms with Crippen LogP contribution >= 0.6 is 23.2 Å². The molecule has 3 aromatic rings. The van der Waals surface area contributed by atoms with Crippen LogP contribution in [0.1, 0.15) is 11.1 Å². The molecule has 4 rings (SSSR count). The van der Waals surface area contributed by atoms with E-state index in [1.165, 1.54) is 12.1 Å². The molecule has 0 aliphatic carbocycles. The maximum Gasteiger partial charge on any atom is 0.282 e. The molecule has 30 heavy (non-hydrogen) atoms. The number of hydrazine groups is 1. The Kier molecular flexibility index (Phi) is 5.74. The van der Waals surface area contributed by atoms with Gasteiger partial charge in [0.2, 0.25) is 0 Å². The van der Waals surface area contributed by atoms with Crippen molar-refractivity contribution < 1.29 is 14.3 Å². The molecule has 1 heterocycles. The molecule has 1 aliphatic heterocycles. The van der Waals surface area contributed by atoms with E-state index in [0.29, 0.717) is 28.6 Å². The Hall–Kier alpha value is -3.28. The molecule has 150 valence electrons. The smallest absolute Gasteiger partial charge is 0.282 e. The first-order valence-electron chi connectivity index (χ1n) is 9.10. The Balaban J connectivity index is 1.53. The lowest BCUT2D eigenvalue weighted by Gasteiger charge is -2.15. The van der Waals surface area contributed by atoms with Crippen LogP contribution in [-0.4, -0.2) is 11.8 Å². The average molecular weight is 439 g/mol. The average Bonchev–Trinajstić information content (AvgIpc) is 3.03. The van der Waals surface area contributed by atoms with Crippen molar-refractivity contribution in [3.05, 3.63) is 99.5 Å². The number of benzene rings is 3. The van der Waals surface area contributed by atoms with Gasteiger partial charge in [0, 0.05) is 0 Å². The fraction of sp³-hybridized carbons (Fsp3) is 0.0435. The minimum absolute atomic E-state index is 0.0151. The molecule has 0 radical (unpaired) electrons. The molecule has 7 heteroatoms. The first kappa shape index (κ1) is 20.0. The number of carbonyl (C=O) groups is 2. The van der Waals surface area contributed by atoms with Crippen LogP contribution in [-0.2, 0) is 16.2 Å². The maximum atomic E-state index is 12.8. The van der Waals surface area contributed by atoms with E-state index in [1.807, 2.05) is 36.4 Å². The molecule has 1 aliphatic rings. The highest BCUT2D eigenvalue weighted by Crippen LogP contribution is 2.29. The van der Waals surface area contributed by atoms with E-state index in [-0.39, 0.29) is 10.6 Å². The summed E-state index contributed by atoms with van der Waals surface area (Å²) in [5, 5.41) is 1.80. The van der Waals surface area contributed by atoms with Crippen molar-refractivity contribution in [1.82, 2.24) is 5.43 Å². The fourth-order valence-electron chi connectivity index (χ4n) is 2.97. The van der Waals surface area contributed by atoms with E-state index >= 15 is 0 Å². The number of carbonyl (C=O) groups excluding carboxylic acids is 2. The highest BCUT2D eigenvalue weighted by molar-refractivity contribution is 6.42. The van der Waals surface area contributed by atoms with Crippen molar-refractivity contribution in [2.24, 2.45) is 0 Å². The van der Waals surface area contributed by atoms with Crippen LogP contribution in [0.5, 0.6) is 5.75 Å². The Morgan fingerprint density at radius 2 is 1.70 bits per heavy atom. The van der Waals surface area contributed by atoms with E-state index in [2.05, 4.69) is 5.43 Å². The van der Waals surface area contributed by atoms with Gasteiger partial charge in [-0.3, -0.25) is 15.0 Å². The SMILES string of the molecule is O=C1NN(c2ccc(Cl)c(Cl)c2)C(=O)/C1=C\c1cccc(OCc2ccccc2)c1. The fourth-order valence-corrected chi connectivity index (χ4v) is 3.26. The number of hydrogen-bond acceptors (Lipinski definition) is 3. The zero-order chi connectivity index (χ0) is 21.1. The monoisotopic (exact) mass is 438 g/mol. The van der Waals surface area contributed by atoms with Crippen molar-refractivity contribution in [3.8, 4) is 5.75 Å². The van der Waals surface area contributed by atoms with Crippen LogP contribution in [0.4, 0.5) is 5.69 Å². The topological polar surface area (TPSA) is 58.6 Å². The second-order valence-electron chi connectivity index (χ2n) is 6.58. The number of ether oxygens (including phenoxy) is 1. The van der Waals surface area contributed by atoms with Gasteiger partial charge in [0.15, 0.2) is 0 Å². The first-order chi connectivity index (χ1) is 14.5. The summed E-state index contributed by atoms with van der Waals surface area (Å²) in [5.74, 6) is -0.337. The second-order valence-corrected chi connectivity index (χ2v) is 7.40. The quantitative estimate of drug-likeness (QED) is 0.448. The van der Waals surface area contributed by atoms with Crippen molar-refractivity contribution >= 4 is 46.8 Å². The van der Waals surface area contributed by atoms with Crippen LogP contribution < -0.4 is 15.2 Å². The Bertz CT molecular complexity index is 1150. The summed E-state index contributed by atoms with van der Waals surface area (Å²) in [7, 11) is 0. The summed E-state index contributed by atoms with van der Waals surface area (Å²) in [6, 6.07) is 21.7. The molecular formula is C23H16Cl2N2O3.